The molecule has 3 aromatic rings. The van der Waals surface area contributed by atoms with Gasteiger partial charge in [0.15, 0.2) is 11.6 Å². The first-order valence-corrected chi connectivity index (χ1v) is 13.8. The van der Waals surface area contributed by atoms with Crippen LogP contribution in [-0.4, -0.2) is 49.0 Å². The van der Waals surface area contributed by atoms with E-state index >= 15 is 0 Å². The standard InChI is InChI=1S/C30H35BrFNO5/c1-30(2,3)38-29(34)33-14-8-7-11-23(19-33)35-15-16-36-28-26(32)13-12-22-17-24(18-25(31)27(22)28)37-20-21-9-5-4-6-10-21/h4-6,9-10,12-13,17-18,23H,7-8,11,14-16,19-20H2,1-3H3/t23-/m1/s1. The van der Waals surface area contributed by atoms with E-state index in [0.29, 0.717) is 35.3 Å². The zero-order chi connectivity index (χ0) is 27.1. The van der Waals surface area contributed by atoms with Crippen molar-refractivity contribution in [2.75, 3.05) is 26.3 Å². The SMILES string of the molecule is CC(C)(C)OC(=O)N1CCCC[C@@H](OCCOc2c(F)ccc3cc(OCc4ccccc4)cc(Br)c23)C1. The van der Waals surface area contributed by atoms with Gasteiger partial charge in [-0.2, -0.15) is 0 Å². The highest BCUT2D eigenvalue weighted by Gasteiger charge is 2.26. The quantitative estimate of drug-likeness (QED) is 0.255. The van der Waals surface area contributed by atoms with Gasteiger partial charge in [0.2, 0.25) is 0 Å². The molecule has 3 aromatic carbocycles. The number of ether oxygens (including phenoxy) is 4. The minimum Gasteiger partial charge on any atom is -0.489 e. The van der Waals surface area contributed by atoms with E-state index in [0.717, 1.165) is 30.2 Å². The summed E-state index contributed by atoms with van der Waals surface area (Å²) in [7, 11) is 0. The van der Waals surface area contributed by atoms with Gasteiger partial charge in [0.05, 0.1) is 19.3 Å². The van der Waals surface area contributed by atoms with Gasteiger partial charge in [0.25, 0.3) is 0 Å². The zero-order valence-electron chi connectivity index (χ0n) is 22.2. The molecule has 4 rings (SSSR count). The molecule has 0 aliphatic carbocycles. The van der Waals surface area contributed by atoms with E-state index in [9.17, 15) is 9.18 Å². The fourth-order valence-corrected chi connectivity index (χ4v) is 5.02. The molecule has 1 heterocycles. The predicted molar refractivity (Wildman–Crippen MR) is 149 cm³/mol. The van der Waals surface area contributed by atoms with Gasteiger partial charge in [-0.15, -0.1) is 0 Å². The largest absolute Gasteiger partial charge is 0.489 e. The van der Waals surface area contributed by atoms with Crippen LogP contribution in [0.2, 0.25) is 0 Å². The summed E-state index contributed by atoms with van der Waals surface area (Å²) in [5, 5.41) is 1.44. The average Bonchev–Trinajstić information content (AvgIpc) is 3.12. The van der Waals surface area contributed by atoms with Gasteiger partial charge < -0.3 is 23.8 Å². The van der Waals surface area contributed by atoms with Crippen molar-refractivity contribution in [3.8, 4) is 11.5 Å². The third-order valence-corrected chi connectivity index (χ3v) is 6.78. The van der Waals surface area contributed by atoms with Crippen molar-refractivity contribution in [2.24, 2.45) is 0 Å². The molecule has 0 saturated carbocycles. The van der Waals surface area contributed by atoms with E-state index in [1.165, 1.54) is 6.07 Å². The van der Waals surface area contributed by atoms with Crippen molar-refractivity contribution >= 4 is 32.8 Å². The van der Waals surface area contributed by atoms with Crippen molar-refractivity contribution in [1.82, 2.24) is 4.90 Å². The van der Waals surface area contributed by atoms with Crippen molar-refractivity contribution in [3.05, 3.63) is 70.5 Å². The lowest BCUT2D eigenvalue weighted by atomic mass is 10.1. The van der Waals surface area contributed by atoms with E-state index < -0.39 is 11.4 Å². The first kappa shape index (κ1) is 28.2. The number of hydrogen-bond acceptors (Lipinski definition) is 5. The monoisotopic (exact) mass is 587 g/mol. The smallest absolute Gasteiger partial charge is 0.410 e. The minimum absolute atomic E-state index is 0.123. The molecule has 1 fully saturated rings. The van der Waals surface area contributed by atoms with E-state index in [1.807, 2.05) is 63.2 Å². The third-order valence-electron chi connectivity index (χ3n) is 6.16. The highest BCUT2D eigenvalue weighted by atomic mass is 79.9. The highest BCUT2D eigenvalue weighted by molar-refractivity contribution is 9.10. The van der Waals surface area contributed by atoms with Gasteiger partial charge in [0.1, 0.15) is 24.6 Å². The topological polar surface area (TPSA) is 57.2 Å². The Morgan fingerprint density at radius 3 is 2.61 bits per heavy atom. The van der Waals surface area contributed by atoms with E-state index in [4.69, 9.17) is 18.9 Å². The van der Waals surface area contributed by atoms with Crippen LogP contribution in [0.3, 0.4) is 0 Å². The summed E-state index contributed by atoms with van der Waals surface area (Å²) in [5.74, 6) is 0.405. The van der Waals surface area contributed by atoms with E-state index in [1.54, 1.807) is 11.0 Å². The Labute approximate surface area is 232 Å². The zero-order valence-corrected chi connectivity index (χ0v) is 23.8. The summed E-state index contributed by atoms with van der Waals surface area (Å²) in [6, 6.07) is 16.7. The summed E-state index contributed by atoms with van der Waals surface area (Å²) in [6.07, 6.45) is 2.27. The molecular formula is C30H35BrFNO5. The Bertz CT molecular complexity index is 1230. The molecule has 1 aliphatic heterocycles. The Balaban J connectivity index is 1.36. The average molecular weight is 589 g/mol. The van der Waals surface area contributed by atoms with Crippen LogP contribution in [0.1, 0.15) is 45.6 Å². The van der Waals surface area contributed by atoms with E-state index in [-0.39, 0.29) is 31.2 Å². The summed E-state index contributed by atoms with van der Waals surface area (Å²) in [4.78, 5) is 14.2. The highest BCUT2D eigenvalue weighted by Crippen LogP contribution is 2.38. The van der Waals surface area contributed by atoms with Gasteiger partial charge in [-0.05, 0) is 85.1 Å². The van der Waals surface area contributed by atoms with Crippen LogP contribution in [0.5, 0.6) is 11.5 Å². The molecule has 0 bridgehead atoms. The van der Waals surface area contributed by atoms with Crippen LogP contribution in [0.15, 0.2) is 59.1 Å². The molecule has 1 saturated heterocycles. The van der Waals surface area contributed by atoms with Gasteiger partial charge in [-0.25, -0.2) is 9.18 Å². The maximum Gasteiger partial charge on any atom is 0.410 e. The third kappa shape index (κ3) is 7.84. The van der Waals surface area contributed by atoms with Gasteiger partial charge in [-0.3, -0.25) is 0 Å². The Kier molecular flexibility index (Phi) is 9.49. The van der Waals surface area contributed by atoms with Gasteiger partial charge in [-0.1, -0.05) is 36.4 Å². The van der Waals surface area contributed by atoms with Crippen molar-refractivity contribution in [2.45, 2.75) is 58.3 Å². The molecular weight excluding hydrogens is 553 g/mol. The predicted octanol–water partition coefficient (Wildman–Crippen LogP) is 7.51. The second-order valence-corrected chi connectivity index (χ2v) is 11.3. The number of likely N-dealkylation sites (tertiary alicyclic amines) is 1. The number of carbonyl (C=O) groups is 1. The molecule has 6 nitrogen and oxygen atoms in total. The molecule has 0 spiro atoms. The second-order valence-electron chi connectivity index (χ2n) is 10.4. The lowest BCUT2D eigenvalue weighted by Gasteiger charge is -2.28. The molecule has 0 aromatic heterocycles. The number of hydrogen-bond donors (Lipinski definition) is 0. The molecule has 38 heavy (non-hydrogen) atoms. The first-order chi connectivity index (χ1) is 18.2. The molecule has 0 radical (unpaired) electrons. The fraction of sp³-hybridized carbons (Fsp3) is 0.433. The lowest BCUT2D eigenvalue weighted by molar-refractivity contribution is -0.00491. The van der Waals surface area contributed by atoms with Gasteiger partial charge >= 0.3 is 6.09 Å². The fourth-order valence-electron chi connectivity index (χ4n) is 4.39. The Morgan fingerprint density at radius 1 is 1.05 bits per heavy atom. The summed E-state index contributed by atoms with van der Waals surface area (Å²) >= 11 is 3.57. The number of carbonyl (C=O) groups excluding carboxylic acids is 1. The minimum atomic E-state index is -0.542. The van der Waals surface area contributed by atoms with Crippen LogP contribution in [0.25, 0.3) is 10.8 Å². The molecule has 204 valence electrons. The maximum atomic E-state index is 14.8. The molecule has 1 aliphatic rings. The number of rotatable bonds is 8. The van der Waals surface area contributed by atoms with Crippen molar-refractivity contribution < 1.29 is 28.1 Å². The van der Waals surface area contributed by atoms with Crippen LogP contribution in [0, 0.1) is 5.82 Å². The number of amides is 1. The molecule has 0 N–H and O–H groups in total. The summed E-state index contributed by atoms with van der Waals surface area (Å²) < 4.78 is 38.9. The van der Waals surface area contributed by atoms with Crippen LogP contribution >= 0.6 is 15.9 Å². The van der Waals surface area contributed by atoms with Crippen LogP contribution in [0.4, 0.5) is 9.18 Å². The van der Waals surface area contributed by atoms with Crippen molar-refractivity contribution in [1.29, 1.82) is 0 Å². The van der Waals surface area contributed by atoms with E-state index in [2.05, 4.69) is 15.9 Å². The normalized spacial score (nSPS) is 16.2. The van der Waals surface area contributed by atoms with Crippen molar-refractivity contribution in [3.63, 3.8) is 0 Å². The number of fused-ring (bicyclic) bond motifs is 1. The van der Waals surface area contributed by atoms with Crippen LogP contribution < -0.4 is 9.47 Å². The van der Waals surface area contributed by atoms with Crippen LogP contribution in [-0.2, 0) is 16.1 Å². The number of benzene rings is 3. The lowest BCUT2D eigenvalue weighted by Crippen LogP contribution is -2.41. The number of nitrogens with zero attached hydrogens (tertiary/aromatic N) is 1. The van der Waals surface area contributed by atoms with Gasteiger partial charge in [0, 0.05) is 16.4 Å². The first-order valence-electron chi connectivity index (χ1n) is 13.0. The molecule has 8 heteroatoms. The Hall–Kier alpha value is -2.84. The Morgan fingerprint density at radius 2 is 1.84 bits per heavy atom. The summed E-state index contributed by atoms with van der Waals surface area (Å²) in [6.45, 7) is 7.59. The molecule has 1 amide bonds. The maximum absolute atomic E-state index is 14.8. The molecule has 0 unspecified atom stereocenters. The second kappa shape index (κ2) is 12.8. The molecule has 1 atom stereocenters. The summed E-state index contributed by atoms with van der Waals surface area (Å²) in [5.41, 5.74) is 0.522. The number of halogens is 2.